The molecule has 23 nitrogen and oxygen atoms in total. The molecule has 4 aromatic carbocycles. The van der Waals surface area contributed by atoms with Crippen LogP contribution in [0.15, 0.2) is 155 Å². The van der Waals surface area contributed by atoms with Crippen LogP contribution >= 0.6 is 23.5 Å². The minimum atomic E-state index is -3.28. The number of hydrogen-bond acceptors (Lipinski definition) is 23. The predicted molar refractivity (Wildman–Crippen MR) is 410 cm³/mol. The van der Waals surface area contributed by atoms with E-state index in [9.17, 15) is 48.7 Å². The van der Waals surface area contributed by atoms with Crippen LogP contribution in [0.25, 0.3) is 0 Å². The number of aldehydes is 1. The zero-order chi connectivity index (χ0) is 78.8. The van der Waals surface area contributed by atoms with E-state index < -0.39 is 55.4 Å². The lowest BCUT2D eigenvalue weighted by Crippen LogP contribution is -2.42. The van der Waals surface area contributed by atoms with Crippen LogP contribution in [0.1, 0.15) is 170 Å². The van der Waals surface area contributed by atoms with Crippen molar-refractivity contribution in [3.63, 3.8) is 0 Å². The van der Waals surface area contributed by atoms with Gasteiger partial charge in [0, 0.05) is 45.7 Å². The van der Waals surface area contributed by atoms with Crippen molar-refractivity contribution in [1.82, 2.24) is 0 Å². The van der Waals surface area contributed by atoms with Gasteiger partial charge in [0.15, 0.2) is 0 Å². The van der Waals surface area contributed by atoms with Crippen LogP contribution in [-0.4, -0.2) is 172 Å². The van der Waals surface area contributed by atoms with Gasteiger partial charge in [0.25, 0.3) is 0 Å². The Morgan fingerprint density at radius 2 is 0.876 bits per heavy atom. The van der Waals surface area contributed by atoms with Gasteiger partial charge in [0.2, 0.25) is 5.60 Å². The van der Waals surface area contributed by atoms with Gasteiger partial charge in [-0.25, -0.2) is 19.2 Å². The van der Waals surface area contributed by atoms with Gasteiger partial charge in [-0.1, -0.05) is 181 Å². The Labute approximate surface area is 633 Å². The number of esters is 5. The molecule has 5 atom stereocenters. The Kier molecular flexibility index (Phi) is 63.9. The molecule has 0 bridgehead atoms. The van der Waals surface area contributed by atoms with E-state index in [1.165, 1.54) is 5.56 Å². The maximum absolute atomic E-state index is 12.0. The van der Waals surface area contributed by atoms with Gasteiger partial charge in [-0.2, -0.15) is 0 Å². The Bertz CT molecular complexity index is 2960. The van der Waals surface area contributed by atoms with Crippen LogP contribution in [0.2, 0.25) is 0 Å². The summed E-state index contributed by atoms with van der Waals surface area (Å²) in [6.45, 7) is 28.2. The normalized spacial score (nSPS) is 14.5. The molecule has 105 heavy (non-hydrogen) atoms. The molecule has 0 radical (unpaired) electrons. The highest BCUT2D eigenvalue weighted by Crippen LogP contribution is 2.48. The lowest BCUT2D eigenvalue weighted by Gasteiger charge is -2.18. The molecule has 592 valence electrons. The SMILES string of the molecule is CC/C=C(\C(=O)OCC)C(O)CCC.CC/C=C(\C(=O)OCC)C(O)CCOCc1ccccc1.CCC=C(Br)C(=O)OCC.CCOC(=O)CP(=O)(OCC)OCC.CCOC(=O)[C@@]1([C@@H](O)CCOCc2ccccc2)OC1CC.O=CCCOCc1ccccc1.OCCCOCc1ccccc1. The molecule has 0 spiro atoms. The van der Waals surface area contributed by atoms with Crippen LogP contribution in [-0.2, 0) is 116 Å². The molecule has 25 heteroatoms. The highest BCUT2D eigenvalue weighted by atomic mass is 79.9. The van der Waals surface area contributed by atoms with Crippen molar-refractivity contribution in [3.05, 3.63) is 177 Å². The molecule has 1 aliphatic rings. The van der Waals surface area contributed by atoms with Crippen molar-refractivity contribution in [2.45, 2.75) is 204 Å². The van der Waals surface area contributed by atoms with E-state index in [2.05, 4.69) is 20.7 Å². The van der Waals surface area contributed by atoms with Crippen molar-refractivity contribution >= 4 is 59.7 Å². The van der Waals surface area contributed by atoms with E-state index in [1.807, 2.05) is 156 Å². The van der Waals surface area contributed by atoms with Crippen LogP contribution in [0, 0.1) is 0 Å². The first kappa shape index (κ1) is 100. The molecule has 1 fully saturated rings. The third-order valence-corrected chi connectivity index (χ3v) is 16.4. The van der Waals surface area contributed by atoms with E-state index in [4.69, 9.17) is 56.8 Å². The molecule has 0 aliphatic carbocycles. The van der Waals surface area contributed by atoms with Crippen molar-refractivity contribution in [3.8, 4) is 0 Å². The van der Waals surface area contributed by atoms with Crippen LogP contribution in [0.3, 0.4) is 0 Å². The molecule has 0 amide bonds. The molecule has 1 heterocycles. The number of carbonyl (C=O) groups is 6. The Morgan fingerprint density at radius 3 is 1.23 bits per heavy atom. The summed E-state index contributed by atoms with van der Waals surface area (Å²) in [6, 6.07) is 39.6. The average Bonchev–Trinajstić information content (AvgIpc) is 1.58. The zero-order valence-corrected chi connectivity index (χ0v) is 66.6. The second-order valence-electron chi connectivity index (χ2n) is 22.3. The number of epoxide rings is 1. The van der Waals surface area contributed by atoms with Gasteiger partial charge < -0.3 is 81.6 Å². The molecule has 0 aromatic heterocycles. The number of halogens is 1. The van der Waals surface area contributed by atoms with Crippen molar-refractivity contribution in [1.29, 1.82) is 0 Å². The number of aliphatic hydroxyl groups is 4. The van der Waals surface area contributed by atoms with Gasteiger partial charge in [-0.3, -0.25) is 9.36 Å². The number of ether oxygens (including phenoxy) is 10. The number of allylic oxidation sites excluding steroid dienone is 3. The first-order valence-electron chi connectivity index (χ1n) is 36.4. The van der Waals surface area contributed by atoms with Crippen molar-refractivity contribution in [2.75, 3.05) is 85.4 Å². The Hall–Kier alpha value is -6.61. The molecule has 1 saturated heterocycles. The molecular weight excluding hydrogens is 1440 g/mol. The molecule has 5 rings (SSSR count). The second kappa shape index (κ2) is 66.8. The molecule has 4 aromatic rings. The fourth-order valence-electron chi connectivity index (χ4n) is 8.91. The first-order valence-corrected chi connectivity index (χ1v) is 38.9. The minimum absolute atomic E-state index is 0.203. The Morgan fingerprint density at radius 1 is 0.495 bits per heavy atom. The number of carbonyl (C=O) groups excluding carboxylic acids is 6. The zero-order valence-electron chi connectivity index (χ0n) is 64.1. The lowest BCUT2D eigenvalue weighted by atomic mass is 9.94. The quantitative estimate of drug-likeness (QED) is 0.00608. The number of benzene rings is 4. The summed E-state index contributed by atoms with van der Waals surface area (Å²) in [5.74, 6) is -2.16. The fourth-order valence-corrected chi connectivity index (χ4v) is 10.8. The van der Waals surface area contributed by atoms with Gasteiger partial charge in [0.1, 0.15) is 18.6 Å². The third-order valence-electron chi connectivity index (χ3n) is 13.8. The predicted octanol–water partition coefficient (Wildman–Crippen LogP) is 14.4. The van der Waals surface area contributed by atoms with Crippen LogP contribution in [0.5, 0.6) is 0 Å². The van der Waals surface area contributed by atoms with Gasteiger partial charge in [-0.05, 0) is 125 Å². The monoisotopic (exact) mass is 1560 g/mol. The van der Waals surface area contributed by atoms with E-state index >= 15 is 0 Å². The number of aliphatic hydroxyl groups excluding tert-OH is 4. The van der Waals surface area contributed by atoms with Crippen molar-refractivity contribution in [2.24, 2.45) is 0 Å². The van der Waals surface area contributed by atoms with E-state index in [0.717, 1.165) is 42.2 Å². The third kappa shape index (κ3) is 49.1. The summed E-state index contributed by atoms with van der Waals surface area (Å²) >= 11 is 3.09. The largest absolute Gasteiger partial charge is 0.466 e. The lowest BCUT2D eigenvalue weighted by molar-refractivity contribution is -0.155. The topological polar surface area (TPSA) is 314 Å². The standard InChI is InChI=1S/C17H24O5.C17H24O4.C11H20O3.C10H14O2.C10H12O2.C8H17O5P.C7H11BrO2/c1-3-15-17(22-15,16(19)21-4-2)14(18)10-11-20-12-13-8-6-5-7-9-13;1-3-8-15(17(19)21-4-2)16(18)11-12-20-13-14-9-6-5-7-10-14;1-4-7-9(10(12)8-5-2)11(13)14-6-3;2*11-7-4-8-12-9-10-5-2-1-3-6-10;1-4-11-8(9)7-14(10,12-5-2)13-6-3;1-3-5-6(8)7(9)10-4-2/h5-9,14-15,18H,3-4,10-12H2,1-2H3;5-10,16,18H,3-4,11-13H2,1-2H3;7,10,12H,4-6,8H2,1-3H3;1-3,5-6,11H,4,7-9H2;1-3,5-7H,4,8-9H2;4-7H2,1-3H3;5H,3-4H2,1-2H3/b;15-8-;9-7-;;;;/t14-,15?,17-;;;;;;/m0....../s1. The second-order valence-corrected chi connectivity index (χ2v) is 25.2. The number of hydrogen-bond donors (Lipinski definition) is 4. The van der Waals surface area contributed by atoms with E-state index in [0.29, 0.717) is 133 Å². The van der Waals surface area contributed by atoms with Crippen LogP contribution in [0.4, 0.5) is 0 Å². The van der Waals surface area contributed by atoms with Crippen molar-refractivity contribution < 1.29 is 110 Å². The van der Waals surface area contributed by atoms with Gasteiger partial charge in [-0.15, -0.1) is 0 Å². The smallest absolute Gasteiger partial charge is 0.344 e. The highest BCUT2D eigenvalue weighted by Gasteiger charge is 2.67. The van der Waals surface area contributed by atoms with Gasteiger partial charge >= 0.3 is 37.4 Å². The average molecular weight is 1560 g/mol. The van der Waals surface area contributed by atoms with Crippen LogP contribution < -0.4 is 0 Å². The fraction of sp³-hybridized carbons (Fsp3) is 0.550. The summed E-state index contributed by atoms with van der Waals surface area (Å²) in [6.07, 6.45) is 9.32. The first-order chi connectivity index (χ1) is 50.7. The molecule has 4 N–H and O–H groups in total. The summed E-state index contributed by atoms with van der Waals surface area (Å²) < 4.78 is 73.4. The maximum atomic E-state index is 12.0. The maximum Gasteiger partial charge on any atom is 0.344 e. The Balaban J connectivity index is 0. The molecule has 0 saturated carbocycles. The summed E-state index contributed by atoms with van der Waals surface area (Å²) in [7, 11) is -3.28. The summed E-state index contributed by atoms with van der Waals surface area (Å²) in [5, 5.41) is 38.6. The summed E-state index contributed by atoms with van der Waals surface area (Å²) in [4.78, 5) is 67.0. The number of rotatable bonds is 44. The van der Waals surface area contributed by atoms with E-state index in [-0.39, 0.29) is 51.3 Å². The minimum Gasteiger partial charge on any atom is -0.466 e. The van der Waals surface area contributed by atoms with Gasteiger partial charge in [0.05, 0.1) is 113 Å². The molecular formula is C80H122BrO23P. The highest BCUT2D eigenvalue weighted by molar-refractivity contribution is 9.12. The summed E-state index contributed by atoms with van der Waals surface area (Å²) in [5.41, 5.74) is 4.01. The molecule has 3 unspecified atom stereocenters. The van der Waals surface area contributed by atoms with E-state index in [1.54, 1.807) is 66.7 Å². The molecule has 1 aliphatic heterocycles.